The number of rotatable bonds is 5. The van der Waals surface area contributed by atoms with Crippen LogP contribution in [-0.2, 0) is 4.79 Å². The summed E-state index contributed by atoms with van der Waals surface area (Å²) < 4.78 is 10.4. The van der Waals surface area contributed by atoms with Crippen LogP contribution >= 0.6 is 11.6 Å². The number of benzene rings is 1. The van der Waals surface area contributed by atoms with Gasteiger partial charge < -0.3 is 14.8 Å². The van der Waals surface area contributed by atoms with E-state index in [1.54, 1.807) is 26.4 Å². The molecule has 94 valence electrons. The van der Waals surface area contributed by atoms with Crippen molar-refractivity contribution in [1.29, 1.82) is 0 Å². The Bertz CT molecular complexity index is 395. The summed E-state index contributed by atoms with van der Waals surface area (Å²) in [5.41, 5.74) is 0.852. The van der Waals surface area contributed by atoms with Crippen molar-refractivity contribution in [3.05, 3.63) is 23.8 Å². The third kappa shape index (κ3) is 3.53. The van der Waals surface area contributed by atoms with Gasteiger partial charge in [0.25, 0.3) is 0 Å². The second-order valence-electron chi connectivity index (χ2n) is 3.53. The van der Waals surface area contributed by atoms with Gasteiger partial charge >= 0.3 is 0 Å². The van der Waals surface area contributed by atoms with Crippen molar-refractivity contribution in [2.45, 2.75) is 13.0 Å². The highest BCUT2D eigenvalue weighted by molar-refractivity contribution is 6.27. The van der Waals surface area contributed by atoms with Crippen molar-refractivity contribution in [2.24, 2.45) is 0 Å². The standard InChI is InChI=1S/C12H16ClNO3/c1-8(14-12(15)7-13)10-6-9(16-2)4-5-11(10)17-3/h4-6,8H,7H2,1-3H3,(H,14,15)/t8-/m0/s1. The van der Waals surface area contributed by atoms with E-state index in [1.165, 1.54) is 0 Å². The molecule has 0 aliphatic rings. The monoisotopic (exact) mass is 257 g/mol. The lowest BCUT2D eigenvalue weighted by molar-refractivity contribution is -0.119. The van der Waals surface area contributed by atoms with E-state index in [4.69, 9.17) is 21.1 Å². The van der Waals surface area contributed by atoms with E-state index >= 15 is 0 Å². The molecule has 0 radical (unpaired) electrons. The second kappa shape index (κ2) is 6.35. The van der Waals surface area contributed by atoms with Gasteiger partial charge in [-0.2, -0.15) is 0 Å². The zero-order chi connectivity index (χ0) is 12.8. The Labute approximate surface area is 106 Å². The highest BCUT2D eigenvalue weighted by Gasteiger charge is 2.14. The summed E-state index contributed by atoms with van der Waals surface area (Å²) in [7, 11) is 3.18. The van der Waals surface area contributed by atoms with E-state index in [2.05, 4.69) is 5.32 Å². The molecule has 1 aromatic rings. The number of alkyl halides is 1. The minimum Gasteiger partial charge on any atom is -0.497 e. The van der Waals surface area contributed by atoms with Gasteiger partial charge in [0, 0.05) is 5.56 Å². The Morgan fingerprint density at radius 3 is 2.65 bits per heavy atom. The van der Waals surface area contributed by atoms with Crippen LogP contribution in [0.25, 0.3) is 0 Å². The van der Waals surface area contributed by atoms with Crippen molar-refractivity contribution in [1.82, 2.24) is 5.32 Å². The van der Waals surface area contributed by atoms with E-state index in [0.717, 1.165) is 5.56 Å². The number of carbonyl (C=O) groups is 1. The second-order valence-corrected chi connectivity index (χ2v) is 3.80. The molecular weight excluding hydrogens is 242 g/mol. The molecular formula is C12H16ClNO3. The number of ether oxygens (including phenoxy) is 2. The van der Waals surface area contributed by atoms with Crippen LogP contribution in [0.4, 0.5) is 0 Å². The van der Waals surface area contributed by atoms with Gasteiger partial charge in [0.1, 0.15) is 17.4 Å². The molecule has 1 rings (SSSR count). The molecule has 1 N–H and O–H groups in total. The maximum atomic E-state index is 11.2. The molecule has 0 saturated carbocycles. The SMILES string of the molecule is COc1ccc(OC)c([C@H](C)NC(=O)CCl)c1. The summed E-state index contributed by atoms with van der Waals surface area (Å²) in [6.07, 6.45) is 0. The van der Waals surface area contributed by atoms with Crippen molar-refractivity contribution < 1.29 is 14.3 Å². The van der Waals surface area contributed by atoms with Crippen molar-refractivity contribution in [3.63, 3.8) is 0 Å². The highest BCUT2D eigenvalue weighted by atomic mass is 35.5. The number of carbonyl (C=O) groups excluding carboxylic acids is 1. The van der Waals surface area contributed by atoms with E-state index in [0.29, 0.717) is 11.5 Å². The minimum absolute atomic E-state index is 0.0589. The largest absolute Gasteiger partial charge is 0.497 e. The third-order valence-electron chi connectivity index (χ3n) is 2.40. The maximum Gasteiger partial charge on any atom is 0.235 e. The van der Waals surface area contributed by atoms with Crippen LogP contribution in [0.15, 0.2) is 18.2 Å². The Hall–Kier alpha value is -1.42. The number of halogens is 1. The Morgan fingerprint density at radius 2 is 2.12 bits per heavy atom. The Morgan fingerprint density at radius 1 is 1.41 bits per heavy atom. The van der Waals surface area contributed by atoms with Crippen LogP contribution in [0.3, 0.4) is 0 Å². The van der Waals surface area contributed by atoms with Crippen LogP contribution in [0.1, 0.15) is 18.5 Å². The molecule has 0 saturated heterocycles. The first-order valence-electron chi connectivity index (χ1n) is 5.19. The van der Waals surface area contributed by atoms with E-state index < -0.39 is 0 Å². The molecule has 0 fully saturated rings. The van der Waals surface area contributed by atoms with Gasteiger partial charge in [-0.25, -0.2) is 0 Å². The van der Waals surface area contributed by atoms with E-state index in [1.807, 2.05) is 13.0 Å². The summed E-state index contributed by atoms with van der Waals surface area (Å²) in [5, 5.41) is 2.77. The van der Waals surface area contributed by atoms with Crippen LogP contribution in [0, 0.1) is 0 Å². The molecule has 1 amide bonds. The van der Waals surface area contributed by atoms with E-state index in [9.17, 15) is 4.79 Å². The van der Waals surface area contributed by atoms with Gasteiger partial charge in [-0.3, -0.25) is 4.79 Å². The number of amides is 1. The fourth-order valence-electron chi connectivity index (χ4n) is 1.54. The molecule has 0 spiro atoms. The quantitative estimate of drug-likeness (QED) is 0.822. The van der Waals surface area contributed by atoms with Crippen LogP contribution in [-0.4, -0.2) is 26.0 Å². The summed E-state index contributed by atoms with van der Waals surface area (Å²) in [5.74, 6) is 1.14. The summed E-state index contributed by atoms with van der Waals surface area (Å²) >= 11 is 5.45. The number of nitrogens with one attached hydrogen (secondary N) is 1. The molecule has 4 nitrogen and oxygen atoms in total. The lowest BCUT2D eigenvalue weighted by atomic mass is 10.1. The molecule has 0 aliphatic carbocycles. The van der Waals surface area contributed by atoms with Gasteiger partial charge in [0.15, 0.2) is 0 Å². The first-order valence-corrected chi connectivity index (χ1v) is 5.73. The predicted molar refractivity (Wildman–Crippen MR) is 66.8 cm³/mol. The van der Waals surface area contributed by atoms with Gasteiger partial charge in [-0.15, -0.1) is 11.6 Å². The van der Waals surface area contributed by atoms with Crippen LogP contribution in [0.2, 0.25) is 0 Å². The maximum absolute atomic E-state index is 11.2. The zero-order valence-corrected chi connectivity index (χ0v) is 10.9. The molecule has 0 aliphatic heterocycles. The number of hydrogen-bond donors (Lipinski definition) is 1. The lowest BCUT2D eigenvalue weighted by Gasteiger charge is -2.17. The average Bonchev–Trinajstić information content (AvgIpc) is 2.37. The topological polar surface area (TPSA) is 47.6 Å². The van der Waals surface area contributed by atoms with Gasteiger partial charge in [0.2, 0.25) is 5.91 Å². The fourth-order valence-corrected chi connectivity index (χ4v) is 1.61. The summed E-state index contributed by atoms with van der Waals surface area (Å²) in [6.45, 7) is 1.86. The predicted octanol–water partition coefficient (Wildman–Crippen LogP) is 2.12. The Kier molecular flexibility index (Phi) is 5.10. The minimum atomic E-state index is -0.218. The first kappa shape index (κ1) is 13.6. The van der Waals surface area contributed by atoms with Crippen LogP contribution < -0.4 is 14.8 Å². The van der Waals surface area contributed by atoms with Crippen molar-refractivity contribution in [3.8, 4) is 11.5 Å². The zero-order valence-electron chi connectivity index (χ0n) is 10.1. The molecule has 0 bridgehead atoms. The lowest BCUT2D eigenvalue weighted by Crippen LogP contribution is -2.27. The Balaban J connectivity index is 2.96. The fraction of sp³-hybridized carbons (Fsp3) is 0.417. The van der Waals surface area contributed by atoms with Crippen molar-refractivity contribution in [2.75, 3.05) is 20.1 Å². The van der Waals surface area contributed by atoms with E-state index in [-0.39, 0.29) is 17.8 Å². The first-order chi connectivity index (χ1) is 8.12. The van der Waals surface area contributed by atoms with Gasteiger partial charge in [-0.05, 0) is 25.1 Å². The van der Waals surface area contributed by atoms with Gasteiger partial charge in [0.05, 0.1) is 20.3 Å². The summed E-state index contributed by atoms with van der Waals surface area (Å²) in [6, 6.07) is 5.25. The molecule has 5 heteroatoms. The number of methoxy groups -OCH3 is 2. The molecule has 0 heterocycles. The molecule has 1 atom stereocenters. The average molecular weight is 258 g/mol. The smallest absolute Gasteiger partial charge is 0.235 e. The molecule has 1 aromatic carbocycles. The molecule has 0 aromatic heterocycles. The third-order valence-corrected chi connectivity index (χ3v) is 2.64. The van der Waals surface area contributed by atoms with Crippen LogP contribution in [0.5, 0.6) is 11.5 Å². The molecule has 17 heavy (non-hydrogen) atoms. The summed E-state index contributed by atoms with van der Waals surface area (Å²) in [4.78, 5) is 11.2. The van der Waals surface area contributed by atoms with Crippen molar-refractivity contribution >= 4 is 17.5 Å². The number of hydrogen-bond acceptors (Lipinski definition) is 3. The molecule has 0 unspecified atom stereocenters. The normalized spacial score (nSPS) is 11.8. The van der Waals surface area contributed by atoms with Gasteiger partial charge in [-0.1, -0.05) is 0 Å². The highest BCUT2D eigenvalue weighted by Crippen LogP contribution is 2.29.